The van der Waals surface area contributed by atoms with Crippen LogP contribution in [0.3, 0.4) is 0 Å². The fourth-order valence-corrected chi connectivity index (χ4v) is 5.44. The van der Waals surface area contributed by atoms with E-state index in [0.717, 1.165) is 37.3 Å². The second kappa shape index (κ2) is 9.41. The van der Waals surface area contributed by atoms with Crippen molar-refractivity contribution in [3.8, 4) is 0 Å². The molecular formula is C23H31ClFN5O2S. The average Bonchev–Trinajstić information content (AvgIpc) is 3.10. The summed E-state index contributed by atoms with van der Waals surface area (Å²) >= 11 is 7.61. The number of hydrogen-bond acceptors (Lipinski definition) is 7. The van der Waals surface area contributed by atoms with Crippen molar-refractivity contribution in [2.75, 3.05) is 23.7 Å². The Morgan fingerprint density at radius 3 is 2.70 bits per heavy atom. The van der Waals surface area contributed by atoms with Gasteiger partial charge in [-0.3, -0.25) is 0 Å². The minimum Gasteiger partial charge on any atom is -0.444 e. The summed E-state index contributed by atoms with van der Waals surface area (Å²) in [5.41, 5.74) is 0.411. The van der Waals surface area contributed by atoms with Gasteiger partial charge in [-0.2, -0.15) is 0 Å². The third kappa shape index (κ3) is 4.85. The zero-order valence-electron chi connectivity index (χ0n) is 19.8. The molecule has 33 heavy (non-hydrogen) atoms. The van der Waals surface area contributed by atoms with Gasteiger partial charge in [0.05, 0.1) is 23.2 Å². The van der Waals surface area contributed by atoms with E-state index in [2.05, 4.69) is 14.9 Å². The number of ether oxygens (including phenoxy) is 1. The Morgan fingerprint density at radius 2 is 2.00 bits per heavy atom. The monoisotopic (exact) mass is 495 g/mol. The molecule has 1 saturated heterocycles. The van der Waals surface area contributed by atoms with Crippen molar-refractivity contribution in [3.05, 3.63) is 16.7 Å². The quantitative estimate of drug-likeness (QED) is 0.317. The van der Waals surface area contributed by atoms with Crippen molar-refractivity contribution in [1.82, 2.24) is 19.9 Å². The Kier molecular flexibility index (Phi) is 6.92. The SMILES string of the molecule is CCSc1nc2c3c(nc(Cl)c(F)c3n1)CCCCN2[C@@H]1CCN(C(=O)OC(C)(C)C)[C@@H]1C. The molecule has 0 saturated carbocycles. The van der Waals surface area contributed by atoms with Gasteiger partial charge in [-0.25, -0.2) is 24.1 Å². The van der Waals surface area contributed by atoms with Gasteiger partial charge in [0.2, 0.25) is 0 Å². The number of nitrogens with zero attached hydrogens (tertiary/aromatic N) is 5. The van der Waals surface area contributed by atoms with E-state index in [0.29, 0.717) is 29.3 Å². The van der Waals surface area contributed by atoms with Crippen molar-refractivity contribution >= 4 is 46.2 Å². The van der Waals surface area contributed by atoms with Crippen LogP contribution in [0.25, 0.3) is 10.9 Å². The highest BCUT2D eigenvalue weighted by molar-refractivity contribution is 7.99. The van der Waals surface area contributed by atoms with Gasteiger partial charge in [-0.05, 0) is 59.1 Å². The van der Waals surface area contributed by atoms with Gasteiger partial charge >= 0.3 is 6.09 Å². The second-order valence-corrected chi connectivity index (χ2v) is 11.2. The number of aryl methyl sites for hydroxylation is 1. The highest BCUT2D eigenvalue weighted by atomic mass is 35.5. The molecule has 0 bridgehead atoms. The maximum atomic E-state index is 15.1. The zero-order valence-corrected chi connectivity index (χ0v) is 21.4. The van der Waals surface area contributed by atoms with Crippen LogP contribution in [0, 0.1) is 5.82 Å². The van der Waals surface area contributed by atoms with E-state index in [1.54, 1.807) is 4.90 Å². The van der Waals surface area contributed by atoms with Crippen molar-refractivity contribution < 1.29 is 13.9 Å². The number of amides is 1. The summed E-state index contributed by atoms with van der Waals surface area (Å²) in [7, 11) is 0. The first-order valence-corrected chi connectivity index (χ1v) is 12.9. The molecule has 4 rings (SSSR count). The van der Waals surface area contributed by atoms with Crippen LogP contribution >= 0.6 is 23.4 Å². The van der Waals surface area contributed by atoms with E-state index in [9.17, 15) is 4.79 Å². The van der Waals surface area contributed by atoms with Gasteiger partial charge in [0.1, 0.15) is 16.9 Å². The van der Waals surface area contributed by atoms with E-state index in [1.165, 1.54) is 11.8 Å². The number of thioether (sulfide) groups is 1. The number of anilines is 1. The zero-order chi connectivity index (χ0) is 23.9. The maximum absolute atomic E-state index is 15.1. The predicted molar refractivity (Wildman–Crippen MR) is 130 cm³/mol. The molecule has 1 amide bonds. The molecule has 0 radical (unpaired) electrons. The van der Waals surface area contributed by atoms with Gasteiger partial charge in [-0.1, -0.05) is 30.3 Å². The first kappa shape index (κ1) is 24.3. The molecule has 10 heteroatoms. The van der Waals surface area contributed by atoms with Gasteiger partial charge in [0.25, 0.3) is 0 Å². The lowest BCUT2D eigenvalue weighted by Gasteiger charge is -2.36. The molecule has 2 atom stereocenters. The number of hydrogen-bond donors (Lipinski definition) is 0. The molecule has 0 N–H and O–H groups in total. The molecule has 1 fully saturated rings. The number of carbonyl (C=O) groups excluding carboxylic acids is 1. The van der Waals surface area contributed by atoms with E-state index < -0.39 is 11.4 Å². The summed E-state index contributed by atoms with van der Waals surface area (Å²) in [6, 6.07) is -0.0556. The highest BCUT2D eigenvalue weighted by Gasteiger charge is 2.41. The van der Waals surface area contributed by atoms with Crippen LogP contribution in [0.5, 0.6) is 0 Å². The molecule has 2 aliphatic rings. The molecule has 2 aliphatic heterocycles. The first-order valence-electron chi connectivity index (χ1n) is 11.6. The van der Waals surface area contributed by atoms with Crippen molar-refractivity contribution in [2.24, 2.45) is 0 Å². The summed E-state index contributed by atoms with van der Waals surface area (Å²) in [6.45, 7) is 11.0. The van der Waals surface area contributed by atoms with Crippen LogP contribution in [-0.2, 0) is 11.2 Å². The minimum atomic E-state index is -0.604. The Bertz CT molecular complexity index is 1060. The smallest absolute Gasteiger partial charge is 0.410 e. The molecular weight excluding hydrogens is 465 g/mol. The Labute approximate surface area is 203 Å². The van der Waals surface area contributed by atoms with Crippen molar-refractivity contribution in [3.63, 3.8) is 0 Å². The van der Waals surface area contributed by atoms with E-state index in [-0.39, 0.29) is 28.8 Å². The van der Waals surface area contributed by atoms with Crippen LogP contribution < -0.4 is 4.90 Å². The Balaban J connectivity index is 1.79. The summed E-state index contributed by atoms with van der Waals surface area (Å²) in [4.78, 5) is 30.6. The standard InChI is InChI=1S/C23H31ClFN5O2S/c1-6-33-21-27-18-16-14(26-19(24)17(18)25)9-7-8-11-30(20(16)28-21)15-10-12-29(13(15)2)22(31)32-23(3,4)5/h13,15H,6-12H2,1-5H3/t13-,15-/m1/s1. The first-order chi connectivity index (χ1) is 15.6. The number of halogens is 2. The second-order valence-electron chi connectivity index (χ2n) is 9.57. The van der Waals surface area contributed by atoms with Crippen molar-refractivity contribution in [2.45, 2.75) is 83.1 Å². The van der Waals surface area contributed by atoms with Crippen LogP contribution in [0.4, 0.5) is 15.0 Å². The van der Waals surface area contributed by atoms with Crippen LogP contribution in [0.15, 0.2) is 5.16 Å². The highest BCUT2D eigenvalue weighted by Crippen LogP contribution is 2.38. The summed E-state index contributed by atoms with van der Waals surface area (Å²) in [5.74, 6) is 0.855. The van der Waals surface area contributed by atoms with Gasteiger partial charge in [-0.15, -0.1) is 0 Å². The van der Waals surface area contributed by atoms with Gasteiger partial charge in [0, 0.05) is 13.1 Å². The number of pyridine rings is 1. The fraction of sp³-hybridized carbons (Fsp3) is 0.652. The Morgan fingerprint density at radius 1 is 1.24 bits per heavy atom. The largest absolute Gasteiger partial charge is 0.444 e. The lowest BCUT2D eigenvalue weighted by atomic mass is 10.0. The molecule has 4 heterocycles. The lowest BCUT2D eigenvalue weighted by molar-refractivity contribution is 0.0233. The number of carbonyl (C=O) groups is 1. The molecule has 180 valence electrons. The number of rotatable bonds is 3. The molecule has 0 aromatic carbocycles. The topological polar surface area (TPSA) is 71.5 Å². The number of aromatic nitrogens is 3. The molecule has 2 aromatic heterocycles. The normalized spacial score (nSPS) is 21.3. The average molecular weight is 496 g/mol. The molecule has 0 aliphatic carbocycles. The van der Waals surface area contributed by atoms with E-state index >= 15 is 4.39 Å². The summed E-state index contributed by atoms with van der Waals surface area (Å²) < 4.78 is 20.7. The van der Waals surface area contributed by atoms with Crippen LogP contribution in [-0.4, -0.2) is 62.5 Å². The molecule has 7 nitrogen and oxygen atoms in total. The van der Waals surface area contributed by atoms with Crippen LogP contribution in [0.2, 0.25) is 5.15 Å². The third-order valence-corrected chi connectivity index (χ3v) is 7.11. The predicted octanol–water partition coefficient (Wildman–Crippen LogP) is 5.47. The molecule has 0 unspecified atom stereocenters. The lowest BCUT2D eigenvalue weighted by Crippen LogP contribution is -2.47. The minimum absolute atomic E-state index is 0.0276. The van der Waals surface area contributed by atoms with E-state index in [4.69, 9.17) is 21.3 Å². The number of likely N-dealkylation sites (tertiary alicyclic amines) is 1. The van der Waals surface area contributed by atoms with Gasteiger partial charge in [0.15, 0.2) is 16.1 Å². The van der Waals surface area contributed by atoms with Crippen LogP contribution in [0.1, 0.15) is 59.6 Å². The van der Waals surface area contributed by atoms with Crippen molar-refractivity contribution in [1.29, 1.82) is 0 Å². The summed E-state index contributed by atoms with van der Waals surface area (Å²) in [6.07, 6.45) is 3.02. The third-order valence-electron chi connectivity index (χ3n) is 6.13. The molecule has 2 aromatic rings. The maximum Gasteiger partial charge on any atom is 0.410 e. The fourth-order valence-electron chi connectivity index (χ4n) is 4.68. The van der Waals surface area contributed by atoms with E-state index in [1.807, 2.05) is 34.6 Å². The molecule has 0 spiro atoms. The summed E-state index contributed by atoms with van der Waals surface area (Å²) in [5, 5.41) is 1.01. The Hall–Kier alpha value is -1.87. The van der Waals surface area contributed by atoms with Gasteiger partial charge < -0.3 is 14.5 Å².